The van der Waals surface area contributed by atoms with Crippen molar-refractivity contribution in [2.24, 2.45) is 0 Å². The predicted molar refractivity (Wildman–Crippen MR) is 82.9 cm³/mol. The number of para-hydroxylation sites is 1. The fraction of sp³-hybridized carbons (Fsp3) is 0.235. The van der Waals surface area contributed by atoms with Crippen LogP contribution in [0.3, 0.4) is 0 Å². The third-order valence-electron chi connectivity index (χ3n) is 3.61. The molecule has 4 heteroatoms. The van der Waals surface area contributed by atoms with Gasteiger partial charge in [0.05, 0.1) is 11.6 Å². The average Bonchev–Trinajstić information content (AvgIpc) is 2.47. The molecule has 1 atom stereocenters. The molecule has 1 unspecified atom stereocenters. The highest BCUT2D eigenvalue weighted by atomic mass is 16.4. The van der Waals surface area contributed by atoms with Gasteiger partial charge in [0, 0.05) is 11.3 Å². The SMILES string of the molecule is CCC(Nc1cccc(C(=O)O)c1C)c1ccccc1O. The van der Waals surface area contributed by atoms with Crippen molar-refractivity contribution in [2.45, 2.75) is 26.3 Å². The van der Waals surface area contributed by atoms with Gasteiger partial charge in [-0.3, -0.25) is 0 Å². The van der Waals surface area contributed by atoms with Gasteiger partial charge < -0.3 is 15.5 Å². The minimum absolute atomic E-state index is 0.0751. The van der Waals surface area contributed by atoms with Crippen LogP contribution in [0.2, 0.25) is 0 Å². The summed E-state index contributed by atoms with van der Waals surface area (Å²) >= 11 is 0. The first-order valence-electron chi connectivity index (χ1n) is 6.92. The summed E-state index contributed by atoms with van der Waals surface area (Å²) in [6.07, 6.45) is 0.772. The topological polar surface area (TPSA) is 69.6 Å². The number of rotatable bonds is 5. The summed E-state index contributed by atoms with van der Waals surface area (Å²) in [5.41, 5.74) is 2.55. The molecule has 2 rings (SSSR count). The van der Waals surface area contributed by atoms with E-state index in [0.29, 0.717) is 5.56 Å². The van der Waals surface area contributed by atoms with E-state index < -0.39 is 5.97 Å². The Bertz CT molecular complexity index is 652. The molecule has 0 aliphatic heterocycles. The number of hydrogen-bond acceptors (Lipinski definition) is 3. The van der Waals surface area contributed by atoms with Crippen LogP contribution < -0.4 is 5.32 Å². The number of phenols is 1. The highest BCUT2D eigenvalue weighted by Crippen LogP contribution is 2.30. The van der Waals surface area contributed by atoms with Crippen molar-refractivity contribution in [1.82, 2.24) is 0 Å². The lowest BCUT2D eigenvalue weighted by Gasteiger charge is -2.21. The summed E-state index contributed by atoms with van der Waals surface area (Å²) in [4.78, 5) is 11.2. The van der Waals surface area contributed by atoms with E-state index in [1.54, 1.807) is 31.2 Å². The predicted octanol–water partition coefficient (Wildman–Crippen LogP) is 3.96. The maximum Gasteiger partial charge on any atom is 0.336 e. The highest BCUT2D eigenvalue weighted by Gasteiger charge is 2.16. The minimum Gasteiger partial charge on any atom is -0.508 e. The van der Waals surface area contributed by atoms with Crippen LogP contribution in [-0.2, 0) is 0 Å². The zero-order valence-electron chi connectivity index (χ0n) is 12.1. The molecular formula is C17H19NO3. The average molecular weight is 285 g/mol. The summed E-state index contributed by atoms with van der Waals surface area (Å²) in [6, 6.07) is 12.3. The van der Waals surface area contributed by atoms with E-state index in [4.69, 9.17) is 0 Å². The van der Waals surface area contributed by atoms with Gasteiger partial charge in [-0.15, -0.1) is 0 Å². The van der Waals surface area contributed by atoms with E-state index in [1.165, 1.54) is 0 Å². The third kappa shape index (κ3) is 3.16. The molecule has 0 amide bonds. The molecular weight excluding hydrogens is 266 g/mol. The van der Waals surface area contributed by atoms with Crippen molar-refractivity contribution < 1.29 is 15.0 Å². The molecule has 0 aliphatic rings. The molecule has 4 nitrogen and oxygen atoms in total. The molecule has 21 heavy (non-hydrogen) atoms. The quantitative estimate of drug-likeness (QED) is 0.777. The number of phenolic OH excluding ortho intramolecular Hbond substituents is 1. The van der Waals surface area contributed by atoms with Gasteiger partial charge in [-0.25, -0.2) is 4.79 Å². The Balaban J connectivity index is 2.34. The first-order valence-corrected chi connectivity index (χ1v) is 6.92. The van der Waals surface area contributed by atoms with Crippen LogP contribution >= 0.6 is 0 Å². The molecule has 0 aliphatic carbocycles. The van der Waals surface area contributed by atoms with Gasteiger partial charge in [0.2, 0.25) is 0 Å². The van der Waals surface area contributed by atoms with Crippen molar-refractivity contribution in [3.05, 3.63) is 59.2 Å². The number of anilines is 1. The first-order chi connectivity index (χ1) is 10.0. The van der Waals surface area contributed by atoms with Gasteiger partial charge in [0.1, 0.15) is 5.75 Å². The molecule has 0 heterocycles. The maximum atomic E-state index is 11.2. The number of carboxylic acids is 1. The molecule has 0 saturated heterocycles. The number of aromatic hydroxyl groups is 1. The van der Waals surface area contributed by atoms with E-state index in [0.717, 1.165) is 17.7 Å². The fourth-order valence-electron chi connectivity index (χ4n) is 2.39. The number of carbonyl (C=O) groups is 1. The Kier molecular flexibility index (Phi) is 4.48. The fourth-order valence-corrected chi connectivity index (χ4v) is 2.39. The number of nitrogens with one attached hydrogen (secondary N) is 1. The second-order valence-electron chi connectivity index (χ2n) is 4.95. The zero-order chi connectivity index (χ0) is 15.4. The molecule has 3 N–H and O–H groups in total. The molecule has 0 fully saturated rings. The molecule has 0 saturated carbocycles. The van der Waals surface area contributed by atoms with Gasteiger partial charge in [-0.05, 0) is 37.1 Å². The van der Waals surface area contributed by atoms with Gasteiger partial charge in [-0.1, -0.05) is 31.2 Å². The van der Waals surface area contributed by atoms with Crippen LogP contribution in [0.25, 0.3) is 0 Å². The number of carboxylic acid groups (broad SMARTS) is 1. The Morgan fingerprint density at radius 1 is 1.19 bits per heavy atom. The van der Waals surface area contributed by atoms with Crippen LogP contribution in [-0.4, -0.2) is 16.2 Å². The second kappa shape index (κ2) is 6.31. The highest BCUT2D eigenvalue weighted by molar-refractivity contribution is 5.91. The van der Waals surface area contributed by atoms with Crippen molar-refractivity contribution in [3.8, 4) is 5.75 Å². The van der Waals surface area contributed by atoms with E-state index in [2.05, 4.69) is 5.32 Å². The van der Waals surface area contributed by atoms with Crippen molar-refractivity contribution in [2.75, 3.05) is 5.32 Å². The van der Waals surface area contributed by atoms with E-state index in [9.17, 15) is 15.0 Å². The summed E-state index contributed by atoms with van der Waals surface area (Å²) in [5.74, 6) is -0.698. The van der Waals surface area contributed by atoms with Crippen LogP contribution in [0.15, 0.2) is 42.5 Å². The smallest absolute Gasteiger partial charge is 0.336 e. The summed E-state index contributed by atoms with van der Waals surface area (Å²) in [5, 5.41) is 22.5. The molecule has 0 radical (unpaired) electrons. The lowest BCUT2D eigenvalue weighted by molar-refractivity contribution is 0.0696. The molecule has 2 aromatic carbocycles. The van der Waals surface area contributed by atoms with Gasteiger partial charge >= 0.3 is 5.97 Å². The summed E-state index contributed by atoms with van der Waals surface area (Å²) in [6.45, 7) is 3.80. The Labute approximate surface area is 124 Å². The first kappa shape index (κ1) is 14.9. The maximum absolute atomic E-state index is 11.2. The monoisotopic (exact) mass is 285 g/mol. The van der Waals surface area contributed by atoms with Crippen molar-refractivity contribution >= 4 is 11.7 Å². The van der Waals surface area contributed by atoms with Crippen LogP contribution in [0.5, 0.6) is 5.75 Å². The Morgan fingerprint density at radius 2 is 1.90 bits per heavy atom. The van der Waals surface area contributed by atoms with Gasteiger partial charge in [0.25, 0.3) is 0 Å². The normalized spacial score (nSPS) is 11.9. The second-order valence-corrected chi connectivity index (χ2v) is 4.95. The molecule has 110 valence electrons. The van der Waals surface area contributed by atoms with Crippen LogP contribution in [0, 0.1) is 6.92 Å². The molecule has 2 aromatic rings. The third-order valence-corrected chi connectivity index (χ3v) is 3.61. The van der Waals surface area contributed by atoms with Crippen LogP contribution in [0.1, 0.15) is 40.9 Å². The number of hydrogen-bond donors (Lipinski definition) is 3. The minimum atomic E-state index is -0.938. The van der Waals surface area contributed by atoms with Crippen LogP contribution in [0.4, 0.5) is 5.69 Å². The zero-order valence-corrected chi connectivity index (χ0v) is 12.1. The lowest BCUT2D eigenvalue weighted by Crippen LogP contribution is -2.12. The number of aromatic carboxylic acids is 1. The molecule has 0 bridgehead atoms. The standard InChI is InChI=1S/C17H19NO3/c1-3-14(13-7-4-5-10-16(13)19)18-15-9-6-8-12(11(15)2)17(20)21/h4-10,14,18-19H,3H2,1-2H3,(H,20,21). The summed E-state index contributed by atoms with van der Waals surface area (Å²) in [7, 11) is 0. The van der Waals surface area contributed by atoms with Gasteiger partial charge in [-0.2, -0.15) is 0 Å². The molecule has 0 spiro atoms. The lowest BCUT2D eigenvalue weighted by atomic mass is 10.0. The van der Waals surface area contributed by atoms with Gasteiger partial charge in [0.15, 0.2) is 0 Å². The molecule has 0 aromatic heterocycles. The van der Waals surface area contributed by atoms with E-state index in [-0.39, 0.29) is 17.4 Å². The van der Waals surface area contributed by atoms with Crippen molar-refractivity contribution in [3.63, 3.8) is 0 Å². The number of benzene rings is 2. The largest absolute Gasteiger partial charge is 0.508 e. The summed E-state index contributed by atoms with van der Waals surface area (Å²) < 4.78 is 0. The Hall–Kier alpha value is -2.49. The Morgan fingerprint density at radius 3 is 2.52 bits per heavy atom. The van der Waals surface area contributed by atoms with E-state index >= 15 is 0 Å². The van der Waals surface area contributed by atoms with E-state index in [1.807, 2.05) is 25.1 Å². The van der Waals surface area contributed by atoms with Crippen molar-refractivity contribution in [1.29, 1.82) is 0 Å².